The molecule has 0 aliphatic rings. The van der Waals surface area contributed by atoms with E-state index in [0.29, 0.717) is 23.2 Å². The van der Waals surface area contributed by atoms with Gasteiger partial charge < -0.3 is 9.84 Å². The van der Waals surface area contributed by atoms with Crippen molar-refractivity contribution in [2.75, 3.05) is 5.75 Å². The standard InChI is InChI=1S/C16H21N3O2S/c1-4-12(3)17-15(20)10-22-9-14-18-16(21-19-14)13-7-5-11(2)6-8-13/h5-8,12H,4,9-10H2,1-3H3,(H,17,20)/t12-/m1/s1. The van der Waals surface area contributed by atoms with Crippen LogP contribution in [0.15, 0.2) is 28.8 Å². The van der Waals surface area contributed by atoms with Crippen molar-refractivity contribution in [3.8, 4) is 11.5 Å². The zero-order valence-electron chi connectivity index (χ0n) is 13.1. The maximum absolute atomic E-state index is 11.7. The summed E-state index contributed by atoms with van der Waals surface area (Å²) < 4.78 is 5.26. The SMILES string of the molecule is CC[C@@H](C)NC(=O)CSCc1noc(-c2ccc(C)cc2)n1. The number of hydrogen-bond acceptors (Lipinski definition) is 5. The van der Waals surface area contributed by atoms with Crippen molar-refractivity contribution in [2.45, 2.75) is 39.0 Å². The third-order valence-electron chi connectivity index (χ3n) is 3.25. The van der Waals surface area contributed by atoms with Crippen molar-refractivity contribution in [3.63, 3.8) is 0 Å². The molecule has 0 aliphatic carbocycles. The fourth-order valence-corrected chi connectivity index (χ4v) is 2.45. The van der Waals surface area contributed by atoms with Gasteiger partial charge in [0.25, 0.3) is 5.89 Å². The van der Waals surface area contributed by atoms with Crippen LogP contribution in [-0.4, -0.2) is 27.8 Å². The Morgan fingerprint density at radius 2 is 2.09 bits per heavy atom. The monoisotopic (exact) mass is 319 g/mol. The second kappa shape index (κ2) is 7.98. The largest absolute Gasteiger partial charge is 0.353 e. The summed E-state index contributed by atoms with van der Waals surface area (Å²) in [4.78, 5) is 16.0. The van der Waals surface area contributed by atoms with Gasteiger partial charge >= 0.3 is 0 Å². The minimum absolute atomic E-state index is 0.0432. The molecule has 22 heavy (non-hydrogen) atoms. The molecule has 0 bridgehead atoms. The summed E-state index contributed by atoms with van der Waals surface area (Å²) in [6.45, 7) is 6.07. The molecular weight excluding hydrogens is 298 g/mol. The Morgan fingerprint density at radius 1 is 1.36 bits per heavy atom. The van der Waals surface area contributed by atoms with Crippen molar-refractivity contribution in [1.82, 2.24) is 15.5 Å². The maximum Gasteiger partial charge on any atom is 0.257 e. The first-order chi connectivity index (χ1) is 10.6. The van der Waals surface area contributed by atoms with E-state index in [4.69, 9.17) is 4.52 Å². The minimum Gasteiger partial charge on any atom is -0.353 e. The van der Waals surface area contributed by atoms with Crippen LogP contribution >= 0.6 is 11.8 Å². The number of carbonyl (C=O) groups is 1. The molecule has 118 valence electrons. The number of rotatable bonds is 7. The van der Waals surface area contributed by atoms with E-state index < -0.39 is 0 Å². The Hall–Kier alpha value is -1.82. The van der Waals surface area contributed by atoms with Gasteiger partial charge in [-0.15, -0.1) is 11.8 Å². The van der Waals surface area contributed by atoms with Crippen LogP contribution in [0.5, 0.6) is 0 Å². The second-order valence-electron chi connectivity index (χ2n) is 5.25. The minimum atomic E-state index is 0.0432. The van der Waals surface area contributed by atoms with Crippen LogP contribution < -0.4 is 5.32 Å². The molecule has 1 aromatic heterocycles. The summed E-state index contributed by atoms with van der Waals surface area (Å²) in [5.41, 5.74) is 2.09. The summed E-state index contributed by atoms with van der Waals surface area (Å²) in [6.07, 6.45) is 0.932. The fraction of sp³-hybridized carbons (Fsp3) is 0.438. The number of carbonyl (C=O) groups excluding carboxylic acids is 1. The summed E-state index contributed by atoms with van der Waals surface area (Å²) in [7, 11) is 0. The molecule has 5 nitrogen and oxygen atoms in total. The lowest BCUT2D eigenvalue weighted by atomic mass is 10.1. The Labute approximate surface area is 134 Å². The molecule has 0 spiro atoms. The Balaban J connectivity index is 1.82. The van der Waals surface area contributed by atoms with Gasteiger partial charge in [-0.3, -0.25) is 4.79 Å². The molecule has 0 saturated carbocycles. The van der Waals surface area contributed by atoms with E-state index in [-0.39, 0.29) is 11.9 Å². The van der Waals surface area contributed by atoms with E-state index in [1.807, 2.05) is 45.0 Å². The van der Waals surface area contributed by atoms with Gasteiger partial charge in [0.15, 0.2) is 5.82 Å². The smallest absolute Gasteiger partial charge is 0.257 e. The average Bonchev–Trinajstić information content (AvgIpc) is 2.96. The van der Waals surface area contributed by atoms with Gasteiger partial charge in [-0.2, -0.15) is 4.98 Å². The maximum atomic E-state index is 11.7. The summed E-state index contributed by atoms with van der Waals surface area (Å²) >= 11 is 1.48. The number of benzene rings is 1. The molecule has 1 atom stereocenters. The van der Waals surface area contributed by atoms with E-state index in [1.54, 1.807) is 0 Å². The fourth-order valence-electron chi connectivity index (χ4n) is 1.78. The van der Waals surface area contributed by atoms with Gasteiger partial charge in [0.1, 0.15) is 0 Å². The van der Waals surface area contributed by atoms with E-state index in [0.717, 1.165) is 12.0 Å². The molecule has 1 amide bonds. The van der Waals surface area contributed by atoms with Crippen molar-refractivity contribution in [3.05, 3.63) is 35.7 Å². The van der Waals surface area contributed by atoms with Crippen LogP contribution in [0.4, 0.5) is 0 Å². The lowest BCUT2D eigenvalue weighted by Crippen LogP contribution is -2.33. The van der Waals surface area contributed by atoms with Crippen molar-refractivity contribution in [2.24, 2.45) is 0 Å². The molecular formula is C16H21N3O2S. The second-order valence-corrected chi connectivity index (χ2v) is 6.24. The number of hydrogen-bond donors (Lipinski definition) is 1. The third-order valence-corrected chi connectivity index (χ3v) is 4.18. The van der Waals surface area contributed by atoms with Gasteiger partial charge in [-0.1, -0.05) is 29.8 Å². The highest BCUT2D eigenvalue weighted by Crippen LogP contribution is 2.19. The summed E-state index contributed by atoms with van der Waals surface area (Å²) in [5, 5.41) is 6.88. The van der Waals surface area contributed by atoms with Crippen LogP contribution in [0.3, 0.4) is 0 Å². The highest BCUT2D eigenvalue weighted by molar-refractivity contribution is 7.99. The zero-order valence-corrected chi connectivity index (χ0v) is 13.9. The van der Waals surface area contributed by atoms with Crippen LogP contribution in [-0.2, 0) is 10.5 Å². The number of amides is 1. The molecule has 0 saturated heterocycles. The van der Waals surface area contributed by atoms with Crippen LogP contribution in [0.2, 0.25) is 0 Å². The molecule has 1 heterocycles. The van der Waals surface area contributed by atoms with E-state index in [2.05, 4.69) is 15.5 Å². The highest BCUT2D eigenvalue weighted by Gasteiger charge is 2.10. The molecule has 2 aromatic rings. The van der Waals surface area contributed by atoms with Gasteiger partial charge in [-0.25, -0.2) is 0 Å². The van der Waals surface area contributed by atoms with E-state index in [9.17, 15) is 4.79 Å². The van der Waals surface area contributed by atoms with Crippen LogP contribution in [0.1, 0.15) is 31.7 Å². The molecule has 0 radical (unpaired) electrons. The highest BCUT2D eigenvalue weighted by atomic mass is 32.2. The van der Waals surface area contributed by atoms with Crippen molar-refractivity contribution < 1.29 is 9.32 Å². The Kier molecular flexibility index (Phi) is 6.00. The Morgan fingerprint density at radius 3 is 2.77 bits per heavy atom. The number of nitrogens with zero attached hydrogens (tertiary/aromatic N) is 2. The number of aromatic nitrogens is 2. The first-order valence-electron chi connectivity index (χ1n) is 7.35. The van der Waals surface area contributed by atoms with Gasteiger partial charge in [-0.05, 0) is 32.4 Å². The van der Waals surface area contributed by atoms with Gasteiger partial charge in [0.05, 0.1) is 11.5 Å². The molecule has 0 fully saturated rings. The van der Waals surface area contributed by atoms with Crippen LogP contribution in [0, 0.1) is 6.92 Å². The molecule has 1 aromatic carbocycles. The zero-order chi connectivity index (χ0) is 15.9. The van der Waals surface area contributed by atoms with Gasteiger partial charge in [0, 0.05) is 11.6 Å². The number of thioether (sulfide) groups is 1. The molecule has 0 unspecified atom stereocenters. The predicted molar refractivity (Wildman–Crippen MR) is 88.5 cm³/mol. The number of aryl methyl sites for hydroxylation is 1. The van der Waals surface area contributed by atoms with Crippen LogP contribution in [0.25, 0.3) is 11.5 Å². The van der Waals surface area contributed by atoms with E-state index >= 15 is 0 Å². The summed E-state index contributed by atoms with van der Waals surface area (Å²) in [5.74, 6) is 2.13. The normalized spacial score (nSPS) is 12.1. The third kappa shape index (κ3) is 4.87. The quantitative estimate of drug-likeness (QED) is 0.849. The lowest BCUT2D eigenvalue weighted by Gasteiger charge is -2.10. The molecule has 1 N–H and O–H groups in total. The molecule has 6 heteroatoms. The Bertz CT molecular complexity index is 610. The molecule has 0 aliphatic heterocycles. The number of nitrogens with one attached hydrogen (secondary N) is 1. The summed E-state index contributed by atoms with van der Waals surface area (Å²) in [6, 6.07) is 8.14. The lowest BCUT2D eigenvalue weighted by molar-refractivity contribution is -0.119. The van der Waals surface area contributed by atoms with Gasteiger partial charge in [0.2, 0.25) is 5.91 Å². The molecule has 2 rings (SSSR count). The van der Waals surface area contributed by atoms with Crippen molar-refractivity contribution >= 4 is 17.7 Å². The van der Waals surface area contributed by atoms with E-state index in [1.165, 1.54) is 17.3 Å². The average molecular weight is 319 g/mol. The first-order valence-corrected chi connectivity index (χ1v) is 8.50. The topological polar surface area (TPSA) is 68.0 Å². The van der Waals surface area contributed by atoms with Crippen molar-refractivity contribution in [1.29, 1.82) is 0 Å². The first kappa shape index (κ1) is 16.5. The predicted octanol–water partition coefficient (Wildman–Crippen LogP) is 3.19.